The van der Waals surface area contributed by atoms with Crippen LogP contribution >= 0.6 is 0 Å². The summed E-state index contributed by atoms with van der Waals surface area (Å²) in [7, 11) is 1.69. The molecule has 0 atom stereocenters. The maximum atomic E-state index is 11.0. The van der Waals surface area contributed by atoms with Crippen LogP contribution < -0.4 is 4.74 Å². The monoisotopic (exact) mass is 275 g/mol. The fourth-order valence-corrected chi connectivity index (χ4v) is 2.47. The molecule has 1 aliphatic carbocycles. The second kappa shape index (κ2) is 6.89. The van der Waals surface area contributed by atoms with E-state index in [1.165, 1.54) is 19.3 Å². The van der Waals surface area contributed by atoms with E-state index in [0.29, 0.717) is 0 Å². The van der Waals surface area contributed by atoms with Gasteiger partial charge in [-0.15, -0.1) is 0 Å². The van der Waals surface area contributed by atoms with Gasteiger partial charge in [0.25, 0.3) is 0 Å². The Morgan fingerprint density at radius 3 is 2.70 bits per heavy atom. The molecule has 0 spiro atoms. The SMILES string of the molecule is COc1ccc(C=O)cc1CN(CCC(C)C)C1CC1. The van der Waals surface area contributed by atoms with Crippen molar-refractivity contribution in [2.24, 2.45) is 5.92 Å². The smallest absolute Gasteiger partial charge is 0.150 e. The number of ether oxygens (including phenoxy) is 1. The Balaban J connectivity index is 2.10. The number of methoxy groups -OCH3 is 1. The van der Waals surface area contributed by atoms with E-state index in [1.807, 2.05) is 18.2 Å². The maximum absolute atomic E-state index is 11.0. The van der Waals surface area contributed by atoms with E-state index in [4.69, 9.17) is 4.74 Å². The molecule has 1 fully saturated rings. The number of rotatable bonds is 8. The van der Waals surface area contributed by atoms with Crippen LogP contribution in [0.25, 0.3) is 0 Å². The van der Waals surface area contributed by atoms with Gasteiger partial charge < -0.3 is 4.74 Å². The Hall–Kier alpha value is -1.35. The summed E-state index contributed by atoms with van der Waals surface area (Å²) >= 11 is 0. The quantitative estimate of drug-likeness (QED) is 0.680. The molecule has 1 saturated carbocycles. The summed E-state index contributed by atoms with van der Waals surface area (Å²) in [6, 6.07) is 6.38. The molecule has 0 bridgehead atoms. The summed E-state index contributed by atoms with van der Waals surface area (Å²) in [4.78, 5) is 13.5. The summed E-state index contributed by atoms with van der Waals surface area (Å²) < 4.78 is 5.43. The first-order valence-corrected chi connectivity index (χ1v) is 7.50. The molecule has 0 radical (unpaired) electrons. The van der Waals surface area contributed by atoms with Crippen molar-refractivity contribution >= 4 is 6.29 Å². The molecule has 1 aromatic rings. The van der Waals surface area contributed by atoms with E-state index in [9.17, 15) is 4.79 Å². The van der Waals surface area contributed by atoms with Gasteiger partial charge in [0.1, 0.15) is 12.0 Å². The third kappa shape index (κ3) is 4.07. The lowest BCUT2D eigenvalue weighted by molar-refractivity contribution is 0.112. The van der Waals surface area contributed by atoms with Crippen LogP contribution in [0.1, 0.15) is 49.0 Å². The third-order valence-electron chi connectivity index (χ3n) is 3.87. The second-order valence-corrected chi connectivity index (χ2v) is 6.07. The summed E-state index contributed by atoms with van der Waals surface area (Å²) in [5, 5.41) is 0. The minimum absolute atomic E-state index is 0.721. The molecule has 0 aliphatic heterocycles. The van der Waals surface area contributed by atoms with Gasteiger partial charge in [0.05, 0.1) is 7.11 Å². The Labute approximate surface area is 121 Å². The van der Waals surface area contributed by atoms with Crippen molar-refractivity contribution in [2.45, 2.75) is 45.7 Å². The van der Waals surface area contributed by atoms with Crippen LogP contribution in [0.4, 0.5) is 0 Å². The molecular weight excluding hydrogens is 250 g/mol. The topological polar surface area (TPSA) is 29.5 Å². The van der Waals surface area contributed by atoms with Gasteiger partial charge in [0.2, 0.25) is 0 Å². The number of aldehydes is 1. The zero-order chi connectivity index (χ0) is 14.5. The zero-order valence-electron chi connectivity index (χ0n) is 12.8. The molecule has 3 nitrogen and oxygen atoms in total. The first-order chi connectivity index (χ1) is 9.63. The standard InChI is InChI=1S/C17H25NO2/c1-13(2)8-9-18(16-5-6-16)11-15-10-14(12-19)4-7-17(15)20-3/h4,7,10,12-13,16H,5-6,8-9,11H2,1-3H3. The minimum Gasteiger partial charge on any atom is -0.496 e. The maximum Gasteiger partial charge on any atom is 0.150 e. The summed E-state index contributed by atoms with van der Waals surface area (Å²) in [6.07, 6.45) is 4.71. The molecule has 0 heterocycles. The van der Waals surface area contributed by atoms with Crippen LogP contribution in [-0.2, 0) is 6.54 Å². The fourth-order valence-electron chi connectivity index (χ4n) is 2.47. The molecule has 1 aliphatic rings. The van der Waals surface area contributed by atoms with Crippen molar-refractivity contribution in [2.75, 3.05) is 13.7 Å². The average molecular weight is 275 g/mol. The number of carbonyl (C=O) groups excluding carboxylic acids is 1. The highest BCUT2D eigenvalue weighted by molar-refractivity contribution is 5.75. The second-order valence-electron chi connectivity index (χ2n) is 6.07. The molecule has 110 valence electrons. The predicted octanol–water partition coefficient (Wildman–Crippen LogP) is 3.52. The van der Waals surface area contributed by atoms with Gasteiger partial charge in [0.15, 0.2) is 0 Å². The lowest BCUT2D eigenvalue weighted by atomic mass is 10.1. The van der Waals surface area contributed by atoms with Crippen LogP contribution in [0.5, 0.6) is 5.75 Å². The Kier molecular flexibility index (Phi) is 5.18. The van der Waals surface area contributed by atoms with Gasteiger partial charge in [-0.05, 0) is 49.9 Å². The Morgan fingerprint density at radius 2 is 2.15 bits per heavy atom. The first-order valence-electron chi connectivity index (χ1n) is 7.50. The molecule has 1 aromatic carbocycles. The lowest BCUT2D eigenvalue weighted by Crippen LogP contribution is -2.27. The molecular formula is C17H25NO2. The number of nitrogens with zero attached hydrogens (tertiary/aromatic N) is 1. The summed E-state index contributed by atoms with van der Waals surface area (Å²) in [5.74, 6) is 1.60. The van der Waals surface area contributed by atoms with Crippen molar-refractivity contribution in [3.8, 4) is 5.75 Å². The molecule has 0 N–H and O–H groups in total. The largest absolute Gasteiger partial charge is 0.496 e. The van der Waals surface area contributed by atoms with Gasteiger partial charge >= 0.3 is 0 Å². The number of benzene rings is 1. The van der Waals surface area contributed by atoms with Gasteiger partial charge in [-0.2, -0.15) is 0 Å². The van der Waals surface area contributed by atoms with Gasteiger partial charge in [-0.3, -0.25) is 9.69 Å². The molecule has 20 heavy (non-hydrogen) atoms. The third-order valence-corrected chi connectivity index (χ3v) is 3.87. The van der Waals surface area contributed by atoms with Crippen LogP contribution in [0, 0.1) is 5.92 Å². The number of carbonyl (C=O) groups is 1. The van der Waals surface area contributed by atoms with E-state index < -0.39 is 0 Å². The van der Waals surface area contributed by atoms with Crippen molar-refractivity contribution in [3.05, 3.63) is 29.3 Å². The van der Waals surface area contributed by atoms with Crippen LogP contribution in [0.2, 0.25) is 0 Å². The fraction of sp³-hybridized carbons (Fsp3) is 0.588. The van der Waals surface area contributed by atoms with Gasteiger partial charge in [-0.1, -0.05) is 13.8 Å². The molecule has 0 unspecified atom stereocenters. The van der Waals surface area contributed by atoms with Crippen molar-refractivity contribution < 1.29 is 9.53 Å². The van der Waals surface area contributed by atoms with Crippen molar-refractivity contribution in [1.29, 1.82) is 0 Å². The molecule has 0 amide bonds. The van der Waals surface area contributed by atoms with E-state index in [1.54, 1.807) is 7.11 Å². The highest BCUT2D eigenvalue weighted by Crippen LogP contribution is 2.31. The average Bonchev–Trinajstić information content (AvgIpc) is 3.27. The zero-order valence-corrected chi connectivity index (χ0v) is 12.8. The summed E-state index contributed by atoms with van der Waals surface area (Å²) in [6.45, 7) is 6.52. The highest BCUT2D eigenvalue weighted by atomic mass is 16.5. The van der Waals surface area contributed by atoms with Crippen LogP contribution in [0.3, 0.4) is 0 Å². The van der Waals surface area contributed by atoms with Crippen LogP contribution in [-0.4, -0.2) is 30.9 Å². The molecule has 2 rings (SSSR count). The van der Waals surface area contributed by atoms with E-state index in [-0.39, 0.29) is 0 Å². The van der Waals surface area contributed by atoms with Crippen molar-refractivity contribution in [1.82, 2.24) is 4.90 Å². The molecule has 3 heteroatoms. The lowest BCUT2D eigenvalue weighted by Gasteiger charge is -2.24. The highest BCUT2D eigenvalue weighted by Gasteiger charge is 2.29. The number of hydrogen-bond donors (Lipinski definition) is 0. The summed E-state index contributed by atoms with van der Waals surface area (Å²) in [5.41, 5.74) is 1.84. The Morgan fingerprint density at radius 1 is 1.40 bits per heavy atom. The predicted molar refractivity (Wildman–Crippen MR) is 81.3 cm³/mol. The normalized spacial score (nSPS) is 14.8. The van der Waals surface area contributed by atoms with E-state index >= 15 is 0 Å². The van der Waals surface area contributed by atoms with E-state index in [0.717, 1.165) is 48.2 Å². The first kappa shape index (κ1) is 15.0. The molecule has 0 aromatic heterocycles. The number of hydrogen-bond acceptors (Lipinski definition) is 3. The van der Waals surface area contributed by atoms with Crippen LogP contribution in [0.15, 0.2) is 18.2 Å². The van der Waals surface area contributed by atoms with Gasteiger partial charge in [0, 0.05) is 23.7 Å². The van der Waals surface area contributed by atoms with Crippen molar-refractivity contribution in [3.63, 3.8) is 0 Å². The minimum atomic E-state index is 0.721. The van der Waals surface area contributed by atoms with E-state index in [2.05, 4.69) is 18.7 Å². The van der Waals surface area contributed by atoms with Gasteiger partial charge in [-0.25, -0.2) is 0 Å². The Bertz CT molecular complexity index is 452. The molecule has 0 saturated heterocycles.